The van der Waals surface area contributed by atoms with Gasteiger partial charge in [0.25, 0.3) is 5.78 Å². The lowest BCUT2D eigenvalue weighted by molar-refractivity contribution is -0.149. The molecule has 1 atom stereocenters. The molecule has 0 aromatic rings. The number of thioether (sulfide) groups is 1. The van der Waals surface area contributed by atoms with Gasteiger partial charge in [-0.15, -0.1) is 0 Å². The van der Waals surface area contributed by atoms with E-state index in [1.807, 2.05) is 0 Å². The number of ketones is 2. The Morgan fingerprint density at radius 1 is 1.43 bits per heavy atom. The molecule has 0 spiro atoms. The minimum atomic E-state index is -2.87. The van der Waals surface area contributed by atoms with Gasteiger partial charge in [0.05, 0.1) is 0 Å². The van der Waals surface area contributed by atoms with E-state index >= 15 is 0 Å². The summed E-state index contributed by atoms with van der Waals surface area (Å²) in [5, 5.41) is 6.55. The SMILES string of the molecule is CC(=O)C(SC(F)(Cl)Cl)C(=O)C(=O)O. The Kier molecular flexibility index (Phi) is 4.83. The van der Waals surface area contributed by atoms with Gasteiger partial charge in [0.15, 0.2) is 5.78 Å². The Balaban J connectivity index is 4.71. The van der Waals surface area contributed by atoms with E-state index in [-0.39, 0.29) is 11.8 Å². The highest BCUT2D eigenvalue weighted by atomic mass is 35.5. The van der Waals surface area contributed by atoms with Crippen LogP contribution in [0.25, 0.3) is 0 Å². The molecular formula is C6H5Cl2FO4S. The van der Waals surface area contributed by atoms with Crippen molar-refractivity contribution >= 4 is 52.5 Å². The molecule has 4 nitrogen and oxygen atoms in total. The summed E-state index contributed by atoms with van der Waals surface area (Å²) in [4.78, 5) is 31.8. The van der Waals surface area contributed by atoms with Crippen LogP contribution in [-0.2, 0) is 14.4 Å². The summed E-state index contributed by atoms with van der Waals surface area (Å²) in [6.07, 6.45) is 0. The molecule has 0 fully saturated rings. The maximum atomic E-state index is 12.6. The van der Waals surface area contributed by atoms with Gasteiger partial charge in [0.2, 0.25) is 0 Å². The van der Waals surface area contributed by atoms with Crippen LogP contribution in [0.1, 0.15) is 6.92 Å². The third-order valence-electron chi connectivity index (χ3n) is 1.07. The molecule has 0 amide bonds. The second kappa shape index (κ2) is 4.95. The number of Topliss-reactive ketones (excluding diaryl/α,β-unsaturated/α-hetero) is 2. The Hall–Kier alpha value is -0.330. The van der Waals surface area contributed by atoms with E-state index in [1.165, 1.54) is 0 Å². The molecule has 0 aliphatic rings. The number of halogens is 3. The maximum absolute atomic E-state index is 12.6. The molecule has 0 bridgehead atoms. The number of carboxylic acids is 1. The highest BCUT2D eigenvalue weighted by Crippen LogP contribution is 2.39. The van der Waals surface area contributed by atoms with Crippen LogP contribution in [0.3, 0.4) is 0 Å². The van der Waals surface area contributed by atoms with E-state index in [9.17, 15) is 18.8 Å². The fourth-order valence-corrected chi connectivity index (χ4v) is 1.74. The summed E-state index contributed by atoms with van der Waals surface area (Å²) < 4.78 is 9.75. The Labute approximate surface area is 92.7 Å². The van der Waals surface area contributed by atoms with Crippen LogP contribution >= 0.6 is 35.0 Å². The minimum absolute atomic E-state index is 0.0693. The average molecular weight is 263 g/mol. The van der Waals surface area contributed by atoms with Crippen LogP contribution in [0.2, 0.25) is 0 Å². The van der Waals surface area contributed by atoms with Gasteiger partial charge < -0.3 is 5.11 Å². The van der Waals surface area contributed by atoms with Crippen LogP contribution in [0.5, 0.6) is 0 Å². The van der Waals surface area contributed by atoms with Crippen molar-refractivity contribution < 1.29 is 23.9 Å². The third kappa shape index (κ3) is 4.78. The maximum Gasteiger partial charge on any atom is 0.373 e. The first kappa shape index (κ1) is 13.7. The minimum Gasteiger partial charge on any atom is -0.475 e. The first-order valence-electron chi connectivity index (χ1n) is 3.17. The molecule has 0 saturated carbocycles. The van der Waals surface area contributed by atoms with E-state index in [0.29, 0.717) is 0 Å². The number of hydrogen-bond donors (Lipinski definition) is 1. The van der Waals surface area contributed by atoms with Gasteiger partial charge in [-0.25, -0.2) is 4.79 Å². The van der Waals surface area contributed by atoms with Crippen LogP contribution in [0.4, 0.5) is 4.39 Å². The van der Waals surface area contributed by atoms with Crippen molar-refractivity contribution in [3.8, 4) is 0 Å². The lowest BCUT2D eigenvalue weighted by Crippen LogP contribution is -2.33. The van der Waals surface area contributed by atoms with Crippen LogP contribution in [-0.4, -0.2) is 31.8 Å². The molecule has 1 unspecified atom stereocenters. The molecule has 0 heterocycles. The third-order valence-corrected chi connectivity index (χ3v) is 2.65. The van der Waals surface area contributed by atoms with E-state index in [4.69, 9.17) is 28.3 Å². The second-order valence-electron chi connectivity index (χ2n) is 2.22. The number of carbonyl (C=O) groups excluding carboxylic acids is 2. The molecule has 0 saturated heterocycles. The topological polar surface area (TPSA) is 71.4 Å². The smallest absolute Gasteiger partial charge is 0.373 e. The second-order valence-corrected chi connectivity index (χ2v) is 5.18. The Morgan fingerprint density at radius 2 is 1.86 bits per heavy atom. The molecule has 0 aromatic carbocycles. The quantitative estimate of drug-likeness (QED) is 0.461. The normalized spacial score (nSPS) is 13.4. The van der Waals surface area contributed by atoms with Crippen LogP contribution < -0.4 is 0 Å². The molecule has 0 aliphatic carbocycles. The number of carboxylic acid groups (broad SMARTS) is 1. The number of hydrogen-bond acceptors (Lipinski definition) is 4. The van der Waals surface area contributed by atoms with Crippen molar-refractivity contribution in [1.29, 1.82) is 0 Å². The standard InChI is InChI=1S/C6H5Cl2FO4S/c1-2(10)4(3(11)5(12)13)14-6(7,8)9/h4H,1H3,(H,12,13). The zero-order valence-electron chi connectivity index (χ0n) is 6.79. The average Bonchev–Trinajstić information content (AvgIpc) is 1.96. The van der Waals surface area contributed by atoms with E-state index in [2.05, 4.69) is 0 Å². The van der Waals surface area contributed by atoms with Crippen molar-refractivity contribution in [3.63, 3.8) is 0 Å². The fourth-order valence-electron chi connectivity index (χ4n) is 0.567. The molecule has 0 aliphatic heterocycles. The zero-order valence-corrected chi connectivity index (χ0v) is 9.12. The number of carbonyl (C=O) groups is 3. The summed E-state index contributed by atoms with van der Waals surface area (Å²) in [5.74, 6) is -4.12. The predicted molar refractivity (Wildman–Crippen MR) is 50.2 cm³/mol. The molecule has 0 radical (unpaired) electrons. The first-order valence-corrected chi connectivity index (χ1v) is 4.81. The highest BCUT2D eigenvalue weighted by Gasteiger charge is 2.38. The van der Waals surface area contributed by atoms with E-state index in [0.717, 1.165) is 6.92 Å². The molecule has 8 heteroatoms. The molecular weight excluding hydrogens is 258 g/mol. The van der Waals surface area contributed by atoms with Gasteiger partial charge >= 0.3 is 9.89 Å². The molecule has 0 aromatic heterocycles. The summed E-state index contributed by atoms with van der Waals surface area (Å²) in [6, 6.07) is 0. The van der Waals surface area contributed by atoms with Crippen molar-refractivity contribution in [1.82, 2.24) is 0 Å². The summed E-state index contributed by atoms with van der Waals surface area (Å²) >= 11 is 9.70. The molecule has 0 rings (SSSR count). The van der Waals surface area contributed by atoms with Crippen LogP contribution in [0, 0.1) is 0 Å². The predicted octanol–water partition coefficient (Wildman–Crippen LogP) is 1.39. The summed E-state index contributed by atoms with van der Waals surface area (Å²) in [7, 11) is 0. The lowest BCUT2D eigenvalue weighted by atomic mass is 10.2. The Bertz CT molecular complexity index is 275. The monoisotopic (exact) mass is 262 g/mol. The van der Waals surface area contributed by atoms with Gasteiger partial charge in [-0.05, 0) is 6.92 Å². The van der Waals surface area contributed by atoms with Gasteiger partial charge in [-0.3, -0.25) is 9.59 Å². The summed E-state index contributed by atoms with van der Waals surface area (Å²) in [6.45, 7) is 0.942. The van der Waals surface area contributed by atoms with Gasteiger partial charge in [-0.2, -0.15) is 4.39 Å². The number of alkyl halides is 3. The fraction of sp³-hybridized carbons (Fsp3) is 0.500. The zero-order chi connectivity index (χ0) is 11.5. The molecule has 1 N–H and O–H groups in total. The molecule has 14 heavy (non-hydrogen) atoms. The van der Waals surface area contributed by atoms with Crippen molar-refractivity contribution in [2.75, 3.05) is 0 Å². The van der Waals surface area contributed by atoms with Gasteiger partial charge in [0, 0.05) is 0 Å². The van der Waals surface area contributed by atoms with Crippen molar-refractivity contribution in [3.05, 3.63) is 0 Å². The highest BCUT2D eigenvalue weighted by molar-refractivity contribution is 8.05. The van der Waals surface area contributed by atoms with Crippen molar-refractivity contribution in [2.45, 2.75) is 16.1 Å². The van der Waals surface area contributed by atoms with Crippen LogP contribution in [0.15, 0.2) is 0 Å². The first-order chi connectivity index (χ1) is 6.15. The van der Waals surface area contributed by atoms with E-state index < -0.39 is 26.7 Å². The summed E-state index contributed by atoms with van der Waals surface area (Å²) in [5.41, 5.74) is 0. The lowest BCUT2D eigenvalue weighted by Gasteiger charge is -2.13. The number of rotatable bonds is 5. The largest absolute Gasteiger partial charge is 0.475 e. The van der Waals surface area contributed by atoms with E-state index in [1.54, 1.807) is 0 Å². The molecule has 80 valence electrons. The van der Waals surface area contributed by atoms with Gasteiger partial charge in [0.1, 0.15) is 5.25 Å². The Morgan fingerprint density at radius 3 is 2.07 bits per heavy atom. The van der Waals surface area contributed by atoms with Gasteiger partial charge in [-0.1, -0.05) is 35.0 Å². The number of aliphatic carboxylic acids is 1. The van der Waals surface area contributed by atoms with Crippen molar-refractivity contribution in [2.24, 2.45) is 0 Å².